The Kier molecular flexibility index (Phi) is 4.95. The van der Waals surface area contributed by atoms with Crippen LogP contribution in [0.15, 0.2) is 30.3 Å². The number of nitrogens with one attached hydrogen (secondary N) is 1. The molecule has 7 nitrogen and oxygen atoms in total. The van der Waals surface area contributed by atoms with E-state index in [2.05, 4.69) is 21.6 Å². The Bertz CT molecular complexity index is 906. The number of carbonyl (C=O) groups is 1. The summed E-state index contributed by atoms with van der Waals surface area (Å²) in [6.07, 6.45) is 0.463. The summed E-state index contributed by atoms with van der Waals surface area (Å²) >= 11 is 0. The molecule has 2 aromatic rings. The number of aryl methyl sites for hydroxylation is 2. The van der Waals surface area contributed by atoms with Crippen LogP contribution in [0.3, 0.4) is 0 Å². The standard InChI is InChI=1S/C18H22N4O3S/c1-12-8-13(2)10-14(9-12)19-17-5-4-16(20-21-17)18(23)22(3)15-6-7-26(24,25)11-15/h4-5,8-10,15H,6-7,11H2,1-3H3,(H,19,21). The third-order valence-corrected chi connectivity index (χ3v) is 6.20. The van der Waals surface area contributed by atoms with Crippen molar-refractivity contribution in [3.05, 3.63) is 47.2 Å². The van der Waals surface area contributed by atoms with Crippen molar-refractivity contribution in [2.75, 3.05) is 23.9 Å². The quantitative estimate of drug-likeness (QED) is 0.881. The lowest BCUT2D eigenvalue weighted by atomic mass is 10.1. The fraction of sp³-hybridized carbons (Fsp3) is 0.389. The molecule has 2 heterocycles. The number of aromatic nitrogens is 2. The minimum Gasteiger partial charge on any atom is -0.339 e. The highest BCUT2D eigenvalue weighted by atomic mass is 32.2. The van der Waals surface area contributed by atoms with Crippen LogP contribution in [0.25, 0.3) is 0 Å². The van der Waals surface area contributed by atoms with Gasteiger partial charge in [-0.15, -0.1) is 10.2 Å². The average Bonchev–Trinajstić information content (AvgIpc) is 2.93. The molecule has 1 aromatic heterocycles. The van der Waals surface area contributed by atoms with E-state index in [0.717, 1.165) is 16.8 Å². The maximum absolute atomic E-state index is 12.5. The van der Waals surface area contributed by atoms with Gasteiger partial charge in [-0.2, -0.15) is 0 Å². The fourth-order valence-corrected chi connectivity index (χ4v) is 4.91. The predicted molar refractivity (Wildman–Crippen MR) is 100 cm³/mol. The molecule has 0 saturated carbocycles. The average molecular weight is 374 g/mol. The number of nitrogens with zero attached hydrogens (tertiary/aromatic N) is 3. The van der Waals surface area contributed by atoms with E-state index in [9.17, 15) is 13.2 Å². The van der Waals surface area contributed by atoms with Crippen molar-refractivity contribution >= 4 is 27.2 Å². The lowest BCUT2D eigenvalue weighted by Gasteiger charge is -2.22. The van der Waals surface area contributed by atoms with Gasteiger partial charge in [0.05, 0.1) is 11.5 Å². The van der Waals surface area contributed by atoms with Crippen LogP contribution >= 0.6 is 0 Å². The summed E-state index contributed by atoms with van der Waals surface area (Å²) in [5.74, 6) is 0.351. The lowest BCUT2D eigenvalue weighted by Crippen LogP contribution is -2.38. The molecule has 1 unspecified atom stereocenters. The molecular formula is C18H22N4O3S. The molecule has 0 spiro atoms. The van der Waals surface area contributed by atoms with Gasteiger partial charge in [0, 0.05) is 18.8 Å². The normalized spacial score (nSPS) is 18.5. The molecule has 1 amide bonds. The number of hydrogen-bond donors (Lipinski definition) is 1. The molecule has 1 N–H and O–H groups in total. The lowest BCUT2D eigenvalue weighted by molar-refractivity contribution is 0.0740. The Morgan fingerprint density at radius 3 is 2.38 bits per heavy atom. The van der Waals surface area contributed by atoms with Crippen LogP contribution in [-0.4, -0.2) is 54.0 Å². The van der Waals surface area contributed by atoms with Crippen LogP contribution < -0.4 is 5.32 Å². The summed E-state index contributed by atoms with van der Waals surface area (Å²) in [5, 5.41) is 11.2. The molecule has 0 aliphatic carbocycles. The summed E-state index contributed by atoms with van der Waals surface area (Å²) in [4.78, 5) is 14.0. The Balaban J connectivity index is 1.69. The number of benzene rings is 1. The van der Waals surface area contributed by atoms with Crippen molar-refractivity contribution in [2.24, 2.45) is 0 Å². The van der Waals surface area contributed by atoms with Gasteiger partial charge in [0.1, 0.15) is 0 Å². The second-order valence-electron chi connectivity index (χ2n) is 6.78. The van der Waals surface area contributed by atoms with Crippen molar-refractivity contribution in [1.82, 2.24) is 15.1 Å². The third-order valence-electron chi connectivity index (χ3n) is 4.45. The highest BCUT2D eigenvalue weighted by molar-refractivity contribution is 7.91. The third kappa shape index (κ3) is 4.19. The first-order valence-corrected chi connectivity index (χ1v) is 10.2. The van der Waals surface area contributed by atoms with E-state index in [0.29, 0.717) is 12.2 Å². The molecule has 1 atom stereocenters. The molecule has 8 heteroatoms. The molecule has 1 aliphatic heterocycles. The zero-order valence-electron chi connectivity index (χ0n) is 15.1. The topological polar surface area (TPSA) is 92.3 Å². The van der Waals surface area contributed by atoms with Crippen molar-refractivity contribution < 1.29 is 13.2 Å². The van der Waals surface area contributed by atoms with E-state index in [4.69, 9.17) is 0 Å². The van der Waals surface area contributed by atoms with Gasteiger partial charge in [-0.3, -0.25) is 4.79 Å². The summed E-state index contributed by atoms with van der Waals surface area (Å²) in [7, 11) is -1.44. The molecule has 138 valence electrons. The highest BCUT2D eigenvalue weighted by Gasteiger charge is 2.33. The summed E-state index contributed by atoms with van der Waals surface area (Å²) in [6.45, 7) is 4.04. The second-order valence-corrected chi connectivity index (χ2v) is 9.01. The maximum Gasteiger partial charge on any atom is 0.274 e. The van der Waals surface area contributed by atoms with E-state index in [1.165, 1.54) is 4.90 Å². The number of anilines is 2. The summed E-state index contributed by atoms with van der Waals surface area (Å²) in [6, 6.07) is 9.07. The summed E-state index contributed by atoms with van der Waals surface area (Å²) < 4.78 is 23.2. The van der Waals surface area contributed by atoms with Crippen molar-refractivity contribution in [3.8, 4) is 0 Å². The smallest absolute Gasteiger partial charge is 0.274 e. The zero-order chi connectivity index (χ0) is 18.9. The largest absolute Gasteiger partial charge is 0.339 e. The minimum atomic E-state index is -3.04. The molecular weight excluding hydrogens is 352 g/mol. The van der Waals surface area contributed by atoms with E-state index in [-0.39, 0.29) is 29.1 Å². The number of sulfone groups is 1. The molecule has 1 fully saturated rings. The Morgan fingerprint density at radius 2 is 1.85 bits per heavy atom. The van der Waals surface area contributed by atoms with Crippen LogP contribution in [0.5, 0.6) is 0 Å². The first-order chi connectivity index (χ1) is 12.2. The molecule has 1 saturated heterocycles. The van der Waals surface area contributed by atoms with Gasteiger partial charge in [0.15, 0.2) is 21.3 Å². The van der Waals surface area contributed by atoms with Crippen LogP contribution in [0, 0.1) is 13.8 Å². The Hall–Kier alpha value is -2.48. The molecule has 0 radical (unpaired) electrons. The zero-order valence-corrected chi connectivity index (χ0v) is 15.9. The van der Waals surface area contributed by atoms with Gasteiger partial charge in [-0.25, -0.2) is 8.42 Å². The van der Waals surface area contributed by atoms with Gasteiger partial charge in [-0.05, 0) is 55.7 Å². The van der Waals surface area contributed by atoms with E-state index >= 15 is 0 Å². The van der Waals surface area contributed by atoms with Gasteiger partial charge < -0.3 is 10.2 Å². The van der Waals surface area contributed by atoms with Gasteiger partial charge in [0.2, 0.25) is 0 Å². The predicted octanol–water partition coefficient (Wildman–Crippen LogP) is 2.10. The van der Waals surface area contributed by atoms with Crippen LogP contribution in [0.4, 0.5) is 11.5 Å². The molecule has 1 aromatic carbocycles. The number of hydrogen-bond acceptors (Lipinski definition) is 6. The van der Waals surface area contributed by atoms with Gasteiger partial charge in [0.25, 0.3) is 5.91 Å². The number of rotatable bonds is 4. The Morgan fingerprint density at radius 1 is 1.15 bits per heavy atom. The maximum atomic E-state index is 12.5. The number of carbonyl (C=O) groups excluding carboxylic acids is 1. The first-order valence-electron chi connectivity index (χ1n) is 8.40. The van der Waals surface area contributed by atoms with Gasteiger partial charge in [-0.1, -0.05) is 6.07 Å². The van der Waals surface area contributed by atoms with Crippen molar-refractivity contribution in [1.29, 1.82) is 0 Å². The minimum absolute atomic E-state index is 0.00895. The second kappa shape index (κ2) is 7.03. The van der Waals surface area contributed by atoms with Crippen LogP contribution in [0.1, 0.15) is 28.0 Å². The van der Waals surface area contributed by atoms with E-state index in [1.807, 2.05) is 26.0 Å². The van der Waals surface area contributed by atoms with Crippen molar-refractivity contribution in [2.45, 2.75) is 26.3 Å². The molecule has 0 bridgehead atoms. The van der Waals surface area contributed by atoms with E-state index < -0.39 is 9.84 Å². The van der Waals surface area contributed by atoms with Gasteiger partial charge >= 0.3 is 0 Å². The van der Waals surface area contributed by atoms with E-state index in [1.54, 1.807) is 19.2 Å². The SMILES string of the molecule is Cc1cc(C)cc(Nc2ccc(C(=O)N(C)C3CCS(=O)(=O)C3)nn2)c1. The Labute approximate surface area is 153 Å². The van der Waals surface area contributed by atoms with Crippen LogP contribution in [-0.2, 0) is 9.84 Å². The van der Waals surface area contributed by atoms with Crippen LogP contribution in [0.2, 0.25) is 0 Å². The molecule has 1 aliphatic rings. The van der Waals surface area contributed by atoms with Crippen molar-refractivity contribution in [3.63, 3.8) is 0 Å². The first kappa shape index (κ1) is 18.3. The fourth-order valence-electron chi connectivity index (χ4n) is 3.14. The molecule has 26 heavy (non-hydrogen) atoms. The monoisotopic (exact) mass is 374 g/mol. The summed E-state index contributed by atoms with van der Waals surface area (Å²) in [5.41, 5.74) is 3.38. The number of amides is 1. The molecule has 3 rings (SSSR count). The highest BCUT2D eigenvalue weighted by Crippen LogP contribution is 2.20.